The van der Waals surface area contributed by atoms with Crippen LogP contribution in [0.3, 0.4) is 0 Å². The molecule has 1 N–H and O–H groups in total. The Morgan fingerprint density at radius 3 is 2.68 bits per heavy atom. The first-order valence-electron chi connectivity index (χ1n) is 9.64. The number of carbonyl (C=O) groups excluding carboxylic acids is 1. The number of aromatic nitrogens is 2. The Morgan fingerprint density at radius 2 is 1.84 bits per heavy atom. The fourth-order valence-electron chi connectivity index (χ4n) is 2.87. The number of halogens is 1. The number of nitrogens with one attached hydrogen (secondary N) is 1. The smallest absolute Gasteiger partial charge is 0.276 e. The Hall–Kier alpha value is -3.22. The van der Waals surface area contributed by atoms with Crippen molar-refractivity contribution in [3.63, 3.8) is 0 Å². The van der Waals surface area contributed by atoms with Crippen LogP contribution in [-0.2, 0) is 6.73 Å². The number of hydrogen-bond donors (Lipinski definition) is 1. The second-order valence-corrected chi connectivity index (χ2v) is 8.34. The maximum absolute atomic E-state index is 12.7. The van der Waals surface area contributed by atoms with Crippen molar-refractivity contribution in [2.45, 2.75) is 23.4 Å². The van der Waals surface area contributed by atoms with Crippen LogP contribution < -0.4 is 10.1 Å². The summed E-state index contributed by atoms with van der Waals surface area (Å²) in [6.45, 7) is 2.12. The lowest BCUT2D eigenvalue weighted by Crippen LogP contribution is -2.14. The predicted octanol–water partition coefficient (Wildman–Crippen LogP) is 6.28. The van der Waals surface area contributed by atoms with Crippen molar-refractivity contribution in [2.75, 3.05) is 5.32 Å². The minimum Gasteiger partial charge on any atom is -0.470 e. The zero-order chi connectivity index (χ0) is 21.6. The molecule has 7 heteroatoms. The molecule has 0 radical (unpaired) electrons. The number of hydrogen-bond acceptors (Lipinski definition) is 4. The second kappa shape index (κ2) is 9.73. The molecule has 0 atom stereocenters. The third-order valence-corrected chi connectivity index (χ3v) is 5.81. The van der Waals surface area contributed by atoms with Crippen molar-refractivity contribution >= 4 is 35.0 Å². The molecule has 1 amide bonds. The summed E-state index contributed by atoms with van der Waals surface area (Å²) in [6.07, 6.45) is 1.70. The summed E-state index contributed by atoms with van der Waals surface area (Å²) in [5.74, 6) is 0.295. The van der Waals surface area contributed by atoms with Gasteiger partial charge < -0.3 is 10.1 Å². The van der Waals surface area contributed by atoms with Crippen LogP contribution in [0.25, 0.3) is 0 Å². The highest BCUT2D eigenvalue weighted by atomic mass is 35.5. The largest absolute Gasteiger partial charge is 0.470 e. The van der Waals surface area contributed by atoms with Crippen molar-refractivity contribution in [3.05, 3.63) is 101 Å². The molecule has 1 heterocycles. The van der Waals surface area contributed by atoms with Gasteiger partial charge in [-0.25, -0.2) is 4.68 Å². The van der Waals surface area contributed by atoms with E-state index in [1.165, 1.54) is 0 Å². The standard InChI is InChI=1S/C24H20ClN3O2S/c1-17-11-12-19(25)22(15-17)30-16-28-14-13-21(27-28)24(29)26-20-9-5-6-10-23(20)31-18-7-3-2-4-8-18/h2-15H,16H2,1H3,(H,26,29). The van der Waals surface area contributed by atoms with Gasteiger partial charge in [0.05, 0.1) is 10.7 Å². The Balaban J connectivity index is 1.42. The number of benzene rings is 3. The van der Waals surface area contributed by atoms with Gasteiger partial charge >= 0.3 is 0 Å². The summed E-state index contributed by atoms with van der Waals surface area (Å²) >= 11 is 7.75. The molecule has 4 rings (SSSR count). The maximum Gasteiger partial charge on any atom is 0.276 e. The van der Waals surface area contributed by atoms with Gasteiger partial charge in [-0.3, -0.25) is 4.79 Å². The third kappa shape index (κ3) is 5.48. The van der Waals surface area contributed by atoms with Crippen LogP contribution in [0.1, 0.15) is 16.1 Å². The summed E-state index contributed by atoms with van der Waals surface area (Å²) in [6, 6.07) is 24.9. The Morgan fingerprint density at radius 1 is 1.06 bits per heavy atom. The monoisotopic (exact) mass is 449 g/mol. The molecular formula is C24H20ClN3O2S. The lowest BCUT2D eigenvalue weighted by atomic mass is 10.2. The molecule has 0 saturated heterocycles. The van der Waals surface area contributed by atoms with Gasteiger partial charge in [-0.2, -0.15) is 5.10 Å². The van der Waals surface area contributed by atoms with Gasteiger partial charge in [0.25, 0.3) is 5.91 Å². The number of carbonyl (C=O) groups is 1. The SMILES string of the molecule is Cc1ccc(Cl)c(OCn2ccc(C(=O)Nc3ccccc3Sc3ccccc3)n2)c1. The van der Waals surface area contributed by atoms with E-state index in [-0.39, 0.29) is 12.6 Å². The Labute approximate surface area is 190 Å². The number of amides is 1. The van der Waals surface area contributed by atoms with Crippen LogP contribution in [0.15, 0.2) is 94.9 Å². The van der Waals surface area contributed by atoms with Crippen LogP contribution in [0, 0.1) is 6.92 Å². The zero-order valence-electron chi connectivity index (χ0n) is 16.8. The summed E-state index contributed by atoms with van der Waals surface area (Å²) in [5, 5.41) is 7.80. The molecule has 3 aromatic carbocycles. The molecule has 5 nitrogen and oxygen atoms in total. The van der Waals surface area contributed by atoms with E-state index in [0.29, 0.717) is 16.5 Å². The Bertz CT molecular complexity index is 1190. The molecule has 0 aliphatic carbocycles. The van der Waals surface area contributed by atoms with Gasteiger partial charge in [-0.1, -0.05) is 59.8 Å². The number of para-hydroxylation sites is 1. The van der Waals surface area contributed by atoms with E-state index in [2.05, 4.69) is 10.4 Å². The first kappa shape index (κ1) is 21.0. The maximum atomic E-state index is 12.7. The van der Waals surface area contributed by atoms with Crippen LogP contribution in [0.4, 0.5) is 5.69 Å². The summed E-state index contributed by atoms with van der Waals surface area (Å²) < 4.78 is 7.29. The molecule has 0 aliphatic heterocycles. The molecule has 0 fully saturated rings. The van der Waals surface area contributed by atoms with Gasteiger partial charge in [-0.05, 0) is 55.0 Å². The average molecular weight is 450 g/mol. The van der Waals surface area contributed by atoms with E-state index in [9.17, 15) is 4.79 Å². The van der Waals surface area contributed by atoms with Crippen LogP contribution in [0.2, 0.25) is 5.02 Å². The fourth-order valence-corrected chi connectivity index (χ4v) is 3.97. The van der Waals surface area contributed by atoms with E-state index in [4.69, 9.17) is 16.3 Å². The van der Waals surface area contributed by atoms with E-state index >= 15 is 0 Å². The molecule has 0 bridgehead atoms. The number of nitrogens with zero attached hydrogens (tertiary/aromatic N) is 2. The topological polar surface area (TPSA) is 56.1 Å². The van der Waals surface area contributed by atoms with Crippen molar-refractivity contribution < 1.29 is 9.53 Å². The molecule has 1 aromatic heterocycles. The lowest BCUT2D eigenvalue weighted by molar-refractivity contribution is 0.102. The highest BCUT2D eigenvalue weighted by Gasteiger charge is 2.13. The van der Waals surface area contributed by atoms with Gasteiger partial charge in [0.2, 0.25) is 0 Å². The number of aryl methyl sites for hydroxylation is 1. The number of anilines is 1. The summed E-state index contributed by atoms with van der Waals surface area (Å²) in [4.78, 5) is 14.8. The fraction of sp³-hybridized carbons (Fsp3) is 0.0833. The molecule has 156 valence electrons. The van der Waals surface area contributed by atoms with Crippen molar-refractivity contribution in [2.24, 2.45) is 0 Å². The number of rotatable bonds is 7. The average Bonchev–Trinajstić information content (AvgIpc) is 3.26. The lowest BCUT2D eigenvalue weighted by Gasteiger charge is -2.10. The van der Waals surface area contributed by atoms with E-state index in [0.717, 1.165) is 21.0 Å². The van der Waals surface area contributed by atoms with Gasteiger partial charge in [-0.15, -0.1) is 0 Å². The van der Waals surface area contributed by atoms with E-state index in [1.54, 1.807) is 34.8 Å². The molecule has 0 aliphatic rings. The van der Waals surface area contributed by atoms with Crippen LogP contribution in [-0.4, -0.2) is 15.7 Å². The highest BCUT2D eigenvalue weighted by Crippen LogP contribution is 2.33. The summed E-state index contributed by atoms with van der Waals surface area (Å²) in [5.41, 5.74) is 2.09. The molecule has 0 spiro atoms. The molecule has 0 saturated carbocycles. The van der Waals surface area contributed by atoms with Crippen LogP contribution in [0.5, 0.6) is 5.75 Å². The minimum absolute atomic E-state index is 0.150. The van der Waals surface area contributed by atoms with Crippen molar-refractivity contribution in [1.29, 1.82) is 0 Å². The zero-order valence-corrected chi connectivity index (χ0v) is 18.4. The molecular weight excluding hydrogens is 430 g/mol. The molecule has 0 unspecified atom stereocenters. The normalized spacial score (nSPS) is 10.6. The summed E-state index contributed by atoms with van der Waals surface area (Å²) in [7, 11) is 0. The highest BCUT2D eigenvalue weighted by molar-refractivity contribution is 7.99. The number of ether oxygens (including phenoxy) is 1. The van der Waals surface area contributed by atoms with Crippen molar-refractivity contribution in [3.8, 4) is 5.75 Å². The Kier molecular flexibility index (Phi) is 6.60. The van der Waals surface area contributed by atoms with Gasteiger partial charge in [0, 0.05) is 16.0 Å². The second-order valence-electron chi connectivity index (χ2n) is 6.81. The van der Waals surface area contributed by atoms with E-state index < -0.39 is 0 Å². The molecule has 31 heavy (non-hydrogen) atoms. The minimum atomic E-state index is -0.284. The van der Waals surface area contributed by atoms with Gasteiger partial charge in [0.1, 0.15) is 5.75 Å². The first-order valence-corrected chi connectivity index (χ1v) is 10.8. The third-order valence-electron chi connectivity index (χ3n) is 4.42. The van der Waals surface area contributed by atoms with E-state index in [1.807, 2.05) is 73.7 Å². The van der Waals surface area contributed by atoms with Crippen LogP contribution >= 0.6 is 23.4 Å². The predicted molar refractivity (Wildman–Crippen MR) is 124 cm³/mol. The first-order chi connectivity index (χ1) is 15.1. The quantitative estimate of drug-likeness (QED) is 0.360. The van der Waals surface area contributed by atoms with Gasteiger partial charge in [0.15, 0.2) is 12.4 Å². The molecule has 4 aromatic rings. The van der Waals surface area contributed by atoms with Crippen molar-refractivity contribution in [1.82, 2.24) is 9.78 Å².